The molecule has 0 atom stereocenters. The Morgan fingerprint density at radius 3 is 2.16 bits per heavy atom. The van der Waals surface area contributed by atoms with E-state index in [1.54, 1.807) is 12.1 Å². The molecule has 1 amide bonds. The molecular weight excluding hydrogens is 315 g/mol. The van der Waals surface area contributed by atoms with Crippen LogP contribution in [0.3, 0.4) is 0 Å². The predicted molar refractivity (Wildman–Crippen MR) is 101 cm³/mol. The van der Waals surface area contributed by atoms with E-state index in [4.69, 9.17) is 0 Å². The Kier molecular flexibility index (Phi) is 5.07. The number of anilines is 2. The van der Waals surface area contributed by atoms with E-state index in [1.165, 1.54) is 37.1 Å². The van der Waals surface area contributed by atoms with Crippen molar-refractivity contribution < 1.29 is 9.18 Å². The molecule has 1 saturated heterocycles. The van der Waals surface area contributed by atoms with Crippen LogP contribution in [0.25, 0.3) is 0 Å². The fourth-order valence-corrected chi connectivity index (χ4v) is 3.19. The normalized spacial score (nSPS) is 15.1. The fourth-order valence-electron chi connectivity index (χ4n) is 3.19. The average Bonchev–Trinajstić information content (AvgIpc) is 2.63. The Bertz CT molecular complexity index is 717. The van der Waals surface area contributed by atoms with Crippen molar-refractivity contribution in [2.24, 2.45) is 0 Å². The molecule has 0 aromatic heterocycles. The molecule has 0 radical (unpaired) electrons. The molecule has 0 aliphatic carbocycles. The number of benzene rings is 2. The number of carbonyl (C=O) groups is 1. The third kappa shape index (κ3) is 4.01. The van der Waals surface area contributed by atoms with E-state index in [-0.39, 0.29) is 11.7 Å². The van der Waals surface area contributed by atoms with Crippen LogP contribution >= 0.6 is 0 Å². The van der Waals surface area contributed by atoms with Gasteiger partial charge in [-0.05, 0) is 75.1 Å². The van der Waals surface area contributed by atoms with Crippen LogP contribution in [-0.4, -0.2) is 19.0 Å². The zero-order chi connectivity index (χ0) is 17.9. The van der Waals surface area contributed by atoms with Crippen LogP contribution < -0.4 is 10.2 Å². The van der Waals surface area contributed by atoms with Crippen molar-refractivity contribution >= 4 is 17.3 Å². The van der Waals surface area contributed by atoms with Crippen molar-refractivity contribution in [2.75, 3.05) is 23.3 Å². The number of rotatable bonds is 4. The van der Waals surface area contributed by atoms with E-state index in [2.05, 4.69) is 22.3 Å². The first-order valence-electron chi connectivity index (χ1n) is 8.89. The Balaban J connectivity index is 1.68. The minimum atomic E-state index is -0.737. The molecule has 3 nitrogen and oxygen atoms in total. The van der Waals surface area contributed by atoms with Gasteiger partial charge in [-0.3, -0.25) is 4.79 Å². The molecule has 2 aromatic rings. The van der Waals surface area contributed by atoms with Gasteiger partial charge in [0.2, 0.25) is 5.91 Å². The Morgan fingerprint density at radius 1 is 0.960 bits per heavy atom. The molecule has 1 aliphatic heterocycles. The third-order valence-corrected chi connectivity index (χ3v) is 4.98. The lowest BCUT2D eigenvalue weighted by atomic mass is 9.83. The molecule has 1 aliphatic rings. The molecule has 1 heterocycles. The summed E-state index contributed by atoms with van der Waals surface area (Å²) in [5, 5.41) is 2.97. The van der Waals surface area contributed by atoms with Gasteiger partial charge in [-0.2, -0.15) is 0 Å². The summed E-state index contributed by atoms with van der Waals surface area (Å²) in [6, 6.07) is 14.1. The van der Waals surface area contributed by atoms with Crippen molar-refractivity contribution in [3.05, 3.63) is 59.9 Å². The number of carbonyl (C=O) groups excluding carboxylic acids is 1. The Labute approximate surface area is 148 Å². The van der Waals surface area contributed by atoms with Crippen LogP contribution in [0.2, 0.25) is 0 Å². The summed E-state index contributed by atoms with van der Waals surface area (Å²) >= 11 is 0. The third-order valence-electron chi connectivity index (χ3n) is 4.98. The molecule has 0 saturated carbocycles. The van der Waals surface area contributed by atoms with Crippen LogP contribution in [0.4, 0.5) is 15.8 Å². The van der Waals surface area contributed by atoms with Crippen molar-refractivity contribution in [1.82, 2.24) is 0 Å². The number of hydrogen-bond acceptors (Lipinski definition) is 2. The maximum atomic E-state index is 13.1. The smallest absolute Gasteiger partial charge is 0.234 e. The van der Waals surface area contributed by atoms with Gasteiger partial charge in [0.05, 0.1) is 5.41 Å². The van der Waals surface area contributed by atoms with Gasteiger partial charge in [0.25, 0.3) is 0 Å². The maximum Gasteiger partial charge on any atom is 0.234 e. The van der Waals surface area contributed by atoms with Gasteiger partial charge in [0.1, 0.15) is 5.82 Å². The summed E-state index contributed by atoms with van der Waals surface area (Å²) in [4.78, 5) is 15.1. The van der Waals surface area contributed by atoms with Gasteiger partial charge < -0.3 is 10.2 Å². The van der Waals surface area contributed by atoms with Crippen LogP contribution in [0.1, 0.15) is 38.7 Å². The zero-order valence-electron chi connectivity index (χ0n) is 14.9. The molecule has 1 fully saturated rings. The lowest BCUT2D eigenvalue weighted by Crippen LogP contribution is -2.34. The Hall–Kier alpha value is -2.36. The largest absolute Gasteiger partial charge is 0.372 e. The SMILES string of the molecule is CC(C)(C(=O)Nc1ccc(N2CCCCC2)cc1)c1ccc(F)cc1. The molecule has 25 heavy (non-hydrogen) atoms. The first-order chi connectivity index (χ1) is 12.0. The fraction of sp³-hybridized carbons (Fsp3) is 0.381. The van der Waals surface area contributed by atoms with Crippen molar-refractivity contribution in [3.8, 4) is 0 Å². The second-order valence-corrected chi connectivity index (χ2v) is 7.18. The molecule has 3 rings (SSSR count). The second-order valence-electron chi connectivity index (χ2n) is 7.18. The van der Waals surface area contributed by atoms with Gasteiger partial charge in [0.15, 0.2) is 0 Å². The van der Waals surface area contributed by atoms with E-state index < -0.39 is 5.41 Å². The number of halogens is 1. The summed E-state index contributed by atoms with van der Waals surface area (Å²) < 4.78 is 13.1. The maximum absolute atomic E-state index is 13.1. The highest BCUT2D eigenvalue weighted by Crippen LogP contribution is 2.27. The highest BCUT2D eigenvalue weighted by atomic mass is 19.1. The molecule has 0 unspecified atom stereocenters. The number of hydrogen-bond donors (Lipinski definition) is 1. The standard InChI is InChI=1S/C21H25FN2O/c1-21(2,16-6-8-17(22)9-7-16)20(25)23-18-10-12-19(13-11-18)24-14-4-3-5-15-24/h6-13H,3-5,14-15H2,1-2H3,(H,23,25). The molecule has 1 N–H and O–H groups in total. The molecule has 0 bridgehead atoms. The summed E-state index contributed by atoms with van der Waals surface area (Å²) in [6.07, 6.45) is 3.79. The molecule has 132 valence electrons. The molecule has 0 spiro atoms. The monoisotopic (exact) mass is 340 g/mol. The highest BCUT2D eigenvalue weighted by molar-refractivity contribution is 5.98. The molecule has 2 aromatic carbocycles. The quantitative estimate of drug-likeness (QED) is 0.872. The van der Waals surface area contributed by atoms with Gasteiger partial charge in [-0.25, -0.2) is 4.39 Å². The summed E-state index contributed by atoms with van der Waals surface area (Å²) in [7, 11) is 0. The van der Waals surface area contributed by atoms with Crippen molar-refractivity contribution in [1.29, 1.82) is 0 Å². The summed E-state index contributed by atoms with van der Waals surface area (Å²) in [5.41, 5.74) is 2.03. The first kappa shape index (κ1) is 17.5. The second kappa shape index (κ2) is 7.26. The predicted octanol–water partition coefficient (Wildman–Crippen LogP) is 4.73. The minimum Gasteiger partial charge on any atom is -0.372 e. The van der Waals surface area contributed by atoms with E-state index in [0.717, 1.165) is 24.3 Å². The van der Waals surface area contributed by atoms with Gasteiger partial charge in [-0.1, -0.05) is 12.1 Å². The number of piperidine rings is 1. The number of nitrogens with one attached hydrogen (secondary N) is 1. The number of nitrogens with zero attached hydrogens (tertiary/aromatic N) is 1. The topological polar surface area (TPSA) is 32.3 Å². The Morgan fingerprint density at radius 2 is 1.56 bits per heavy atom. The van der Waals surface area contributed by atoms with Gasteiger partial charge in [0, 0.05) is 24.5 Å². The van der Waals surface area contributed by atoms with E-state index >= 15 is 0 Å². The lowest BCUT2D eigenvalue weighted by molar-refractivity contribution is -0.120. The highest BCUT2D eigenvalue weighted by Gasteiger charge is 2.29. The summed E-state index contributed by atoms with van der Waals surface area (Å²) in [5.74, 6) is -0.405. The van der Waals surface area contributed by atoms with Gasteiger partial charge in [-0.15, -0.1) is 0 Å². The molecule has 4 heteroatoms. The van der Waals surface area contributed by atoms with Crippen LogP contribution in [0.5, 0.6) is 0 Å². The van der Waals surface area contributed by atoms with Crippen molar-refractivity contribution in [3.63, 3.8) is 0 Å². The summed E-state index contributed by atoms with van der Waals surface area (Å²) in [6.45, 7) is 5.89. The average molecular weight is 340 g/mol. The zero-order valence-corrected chi connectivity index (χ0v) is 14.9. The van der Waals surface area contributed by atoms with Crippen LogP contribution in [0.15, 0.2) is 48.5 Å². The van der Waals surface area contributed by atoms with E-state index in [1.807, 2.05) is 26.0 Å². The van der Waals surface area contributed by atoms with Crippen LogP contribution in [-0.2, 0) is 10.2 Å². The number of amides is 1. The van der Waals surface area contributed by atoms with Crippen LogP contribution in [0, 0.1) is 5.82 Å². The first-order valence-corrected chi connectivity index (χ1v) is 8.89. The minimum absolute atomic E-state index is 0.107. The molecular formula is C21H25FN2O. The van der Waals surface area contributed by atoms with Crippen molar-refractivity contribution in [2.45, 2.75) is 38.5 Å². The van der Waals surface area contributed by atoms with E-state index in [9.17, 15) is 9.18 Å². The van der Waals surface area contributed by atoms with E-state index in [0.29, 0.717) is 0 Å². The lowest BCUT2D eigenvalue weighted by Gasteiger charge is -2.29. The van der Waals surface area contributed by atoms with Gasteiger partial charge >= 0.3 is 0 Å².